The van der Waals surface area contributed by atoms with Crippen molar-refractivity contribution in [3.8, 4) is 11.4 Å². The lowest BCUT2D eigenvalue weighted by Crippen LogP contribution is -2.32. The largest absolute Gasteiger partial charge is 0.444 e. The molecule has 0 unspecified atom stereocenters. The average Bonchev–Trinajstić information content (AvgIpc) is 2.91. The molecule has 202 valence electrons. The summed E-state index contributed by atoms with van der Waals surface area (Å²) in [4.78, 5) is 32.1. The maximum absolute atomic E-state index is 12.0. The summed E-state index contributed by atoms with van der Waals surface area (Å²) in [6.45, 7) is 8.02. The first-order valence-corrected chi connectivity index (χ1v) is 12.9. The van der Waals surface area contributed by atoms with E-state index in [1.54, 1.807) is 12.4 Å². The van der Waals surface area contributed by atoms with Gasteiger partial charge in [0.1, 0.15) is 17.2 Å². The lowest BCUT2D eigenvalue weighted by molar-refractivity contribution is 0.0523. The smallest absolute Gasteiger partial charge is 0.407 e. The van der Waals surface area contributed by atoms with Crippen molar-refractivity contribution in [3.63, 3.8) is 0 Å². The van der Waals surface area contributed by atoms with Gasteiger partial charge in [0.2, 0.25) is 5.95 Å². The van der Waals surface area contributed by atoms with E-state index in [0.717, 1.165) is 28.9 Å². The number of ether oxygens (including phenoxy) is 1. The molecule has 9 heteroatoms. The van der Waals surface area contributed by atoms with Crippen LogP contribution in [0.2, 0.25) is 0 Å². The highest BCUT2D eigenvalue weighted by molar-refractivity contribution is 5.67. The van der Waals surface area contributed by atoms with Crippen molar-refractivity contribution in [2.45, 2.75) is 52.3 Å². The van der Waals surface area contributed by atoms with Crippen LogP contribution in [0.25, 0.3) is 11.4 Å². The summed E-state index contributed by atoms with van der Waals surface area (Å²) >= 11 is 0. The molecule has 39 heavy (non-hydrogen) atoms. The Morgan fingerprint density at radius 3 is 2.36 bits per heavy atom. The van der Waals surface area contributed by atoms with Crippen molar-refractivity contribution in [2.75, 3.05) is 17.3 Å². The Bertz CT molecular complexity index is 1390. The number of nitrogens with zero attached hydrogens (tertiary/aromatic N) is 5. The average molecular weight is 526 g/mol. The third-order valence-corrected chi connectivity index (χ3v) is 5.75. The molecule has 0 aliphatic rings. The summed E-state index contributed by atoms with van der Waals surface area (Å²) in [6.07, 6.45) is 3.82. The minimum Gasteiger partial charge on any atom is -0.444 e. The van der Waals surface area contributed by atoms with Gasteiger partial charge in [-0.25, -0.2) is 19.7 Å². The van der Waals surface area contributed by atoms with Gasteiger partial charge in [0, 0.05) is 37.6 Å². The van der Waals surface area contributed by atoms with Gasteiger partial charge in [0.25, 0.3) is 0 Å². The molecule has 0 bridgehead atoms. The molecule has 0 aliphatic carbocycles. The second kappa shape index (κ2) is 12.3. The van der Waals surface area contributed by atoms with Gasteiger partial charge in [-0.3, -0.25) is 0 Å². The molecule has 1 atom stereocenters. The van der Waals surface area contributed by atoms with Crippen molar-refractivity contribution < 1.29 is 9.53 Å². The third kappa shape index (κ3) is 8.23. The number of carbonyl (C=O) groups is 1. The first kappa shape index (κ1) is 27.5. The van der Waals surface area contributed by atoms with Crippen LogP contribution in [-0.2, 0) is 17.7 Å². The second-order valence-corrected chi connectivity index (χ2v) is 10.3. The van der Waals surface area contributed by atoms with E-state index in [4.69, 9.17) is 14.7 Å². The first-order chi connectivity index (χ1) is 18.7. The van der Waals surface area contributed by atoms with Crippen molar-refractivity contribution in [3.05, 3.63) is 90.3 Å². The van der Waals surface area contributed by atoms with Crippen LogP contribution in [0.5, 0.6) is 0 Å². The summed E-state index contributed by atoms with van der Waals surface area (Å²) in [7, 11) is 1.92. The summed E-state index contributed by atoms with van der Waals surface area (Å²) in [5, 5.41) is 6.21. The second-order valence-electron chi connectivity index (χ2n) is 10.3. The van der Waals surface area contributed by atoms with Crippen LogP contribution in [0.4, 0.5) is 22.4 Å². The topological polar surface area (TPSA) is 105 Å². The van der Waals surface area contributed by atoms with Crippen LogP contribution >= 0.6 is 0 Å². The van der Waals surface area contributed by atoms with E-state index in [2.05, 4.69) is 39.7 Å². The number of aromatic nitrogens is 4. The van der Waals surface area contributed by atoms with E-state index in [1.807, 2.05) is 87.3 Å². The number of hydrogen-bond donors (Lipinski definition) is 2. The minimum absolute atomic E-state index is 0.0726. The Hall–Kier alpha value is -4.53. The van der Waals surface area contributed by atoms with E-state index in [0.29, 0.717) is 24.1 Å². The van der Waals surface area contributed by atoms with E-state index in [9.17, 15) is 4.79 Å². The van der Waals surface area contributed by atoms with Crippen LogP contribution < -0.4 is 15.5 Å². The standard InChI is InChI=1S/C30H35N7O2/c1-21(18-22-10-9-11-23(19-22)20-33-29(38)39-30(2,3)4)34-28-32-17-15-26(36-28)37(5)25-14-16-31-27(35-25)24-12-7-6-8-13-24/h6-17,19,21H,18,20H2,1-5H3,(H,33,38)(H,32,34,36)/t21-/m0/s1. The van der Waals surface area contributed by atoms with Gasteiger partial charge in [-0.2, -0.15) is 4.98 Å². The van der Waals surface area contributed by atoms with Gasteiger partial charge >= 0.3 is 6.09 Å². The molecular formula is C30H35N7O2. The molecule has 0 radical (unpaired) electrons. The highest BCUT2D eigenvalue weighted by Gasteiger charge is 2.16. The molecule has 0 spiro atoms. The van der Waals surface area contributed by atoms with Gasteiger partial charge in [0.15, 0.2) is 5.82 Å². The first-order valence-electron chi connectivity index (χ1n) is 12.9. The maximum Gasteiger partial charge on any atom is 0.407 e. The molecule has 9 nitrogen and oxygen atoms in total. The predicted molar refractivity (Wildman–Crippen MR) is 154 cm³/mol. The number of amides is 1. The Morgan fingerprint density at radius 2 is 1.62 bits per heavy atom. The fourth-order valence-electron chi connectivity index (χ4n) is 3.97. The Balaban J connectivity index is 1.37. The van der Waals surface area contributed by atoms with E-state index < -0.39 is 11.7 Å². The summed E-state index contributed by atoms with van der Waals surface area (Å²) < 4.78 is 5.32. The van der Waals surface area contributed by atoms with Crippen molar-refractivity contribution >= 4 is 23.7 Å². The van der Waals surface area contributed by atoms with E-state index >= 15 is 0 Å². The molecule has 2 aromatic heterocycles. The molecule has 0 saturated heterocycles. The summed E-state index contributed by atoms with van der Waals surface area (Å²) in [5.41, 5.74) is 2.57. The van der Waals surface area contributed by atoms with Gasteiger partial charge in [-0.05, 0) is 57.4 Å². The molecule has 2 aromatic carbocycles. The maximum atomic E-state index is 12.0. The highest BCUT2D eigenvalue weighted by Crippen LogP contribution is 2.23. The number of alkyl carbamates (subject to hydrolysis) is 1. The van der Waals surface area contributed by atoms with Crippen molar-refractivity contribution in [2.24, 2.45) is 0 Å². The normalized spacial score (nSPS) is 11.9. The molecular weight excluding hydrogens is 490 g/mol. The number of anilines is 3. The van der Waals surface area contributed by atoms with Gasteiger partial charge in [-0.1, -0.05) is 54.6 Å². The highest BCUT2D eigenvalue weighted by atomic mass is 16.6. The zero-order valence-electron chi connectivity index (χ0n) is 23.0. The number of hydrogen-bond acceptors (Lipinski definition) is 8. The Labute approximate surface area is 229 Å². The number of nitrogens with one attached hydrogen (secondary N) is 2. The van der Waals surface area contributed by atoms with Gasteiger partial charge in [0.05, 0.1) is 0 Å². The van der Waals surface area contributed by atoms with Crippen LogP contribution in [0.15, 0.2) is 79.1 Å². The number of benzene rings is 2. The zero-order chi connectivity index (χ0) is 27.8. The van der Waals surface area contributed by atoms with Crippen molar-refractivity contribution in [1.82, 2.24) is 25.3 Å². The number of carbonyl (C=O) groups excluding carboxylic acids is 1. The SMILES string of the molecule is C[C@@H](Cc1cccc(CNC(=O)OC(C)(C)C)c1)Nc1nccc(N(C)c2ccnc(-c3ccccc3)n2)n1. The van der Waals surface area contributed by atoms with Crippen LogP contribution in [0, 0.1) is 0 Å². The molecule has 0 saturated carbocycles. The molecule has 1 amide bonds. The zero-order valence-corrected chi connectivity index (χ0v) is 23.0. The van der Waals surface area contributed by atoms with Gasteiger partial charge in [-0.15, -0.1) is 0 Å². The summed E-state index contributed by atoms with van der Waals surface area (Å²) in [6, 6.07) is 21.8. The van der Waals surface area contributed by atoms with E-state index in [1.165, 1.54) is 0 Å². The molecule has 2 heterocycles. The lowest BCUT2D eigenvalue weighted by Gasteiger charge is -2.20. The predicted octanol–water partition coefficient (Wildman–Crippen LogP) is 5.77. The molecule has 4 rings (SSSR count). The quantitative estimate of drug-likeness (QED) is 0.284. The summed E-state index contributed by atoms with van der Waals surface area (Å²) in [5.74, 6) is 2.64. The fraction of sp³-hybridized carbons (Fsp3) is 0.300. The lowest BCUT2D eigenvalue weighted by atomic mass is 10.0. The minimum atomic E-state index is -0.527. The molecule has 2 N–H and O–H groups in total. The number of rotatable bonds is 9. The monoisotopic (exact) mass is 525 g/mol. The molecule has 4 aromatic rings. The Morgan fingerprint density at radius 1 is 0.923 bits per heavy atom. The van der Waals surface area contributed by atoms with Crippen LogP contribution in [-0.4, -0.2) is 44.7 Å². The molecule has 0 aliphatic heterocycles. The van der Waals surface area contributed by atoms with Crippen LogP contribution in [0.1, 0.15) is 38.8 Å². The third-order valence-electron chi connectivity index (χ3n) is 5.75. The molecule has 0 fully saturated rings. The van der Waals surface area contributed by atoms with E-state index in [-0.39, 0.29) is 6.04 Å². The Kier molecular flexibility index (Phi) is 8.70. The fourth-order valence-corrected chi connectivity index (χ4v) is 3.97. The van der Waals surface area contributed by atoms with Crippen molar-refractivity contribution in [1.29, 1.82) is 0 Å². The van der Waals surface area contributed by atoms with Gasteiger partial charge < -0.3 is 20.3 Å². The van der Waals surface area contributed by atoms with Crippen LogP contribution in [0.3, 0.4) is 0 Å².